The Balaban J connectivity index is 2.75. The molecule has 0 aromatic rings. The minimum absolute atomic E-state index is 0.0469. The molecule has 1 heterocycles. The van der Waals surface area contributed by atoms with Crippen LogP contribution in [0.1, 0.15) is 46.0 Å². The first-order chi connectivity index (χ1) is 8.96. The molecule has 1 unspecified atom stereocenters. The molecular weight excluding hydrogens is 291 g/mol. The van der Waals surface area contributed by atoms with Gasteiger partial charge in [-0.25, -0.2) is 0 Å². The summed E-state index contributed by atoms with van der Waals surface area (Å²) in [7, 11) is -7.49. The Hall–Kier alpha value is 0.0600. The van der Waals surface area contributed by atoms with Gasteiger partial charge in [0, 0.05) is 6.42 Å². The van der Waals surface area contributed by atoms with Crippen LogP contribution in [0.5, 0.6) is 0 Å². The molecule has 0 amide bonds. The molecule has 114 valence electrons. The van der Waals surface area contributed by atoms with E-state index in [1.165, 1.54) is 0 Å². The second kappa shape index (κ2) is 7.74. The number of rotatable bonds is 9. The largest absolute Gasteiger partial charge is 0.351 e. The van der Waals surface area contributed by atoms with E-state index in [1.807, 2.05) is 13.8 Å². The minimum Gasteiger partial charge on any atom is -0.308 e. The lowest BCUT2D eigenvalue weighted by Gasteiger charge is -2.22. The molecule has 0 aromatic carbocycles. The highest BCUT2D eigenvalue weighted by Crippen LogP contribution is 2.58. The van der Waals surface area contributed by atoms with E-state index in [0.29, 0.717) is 0 Å². The van der Waals surface area contributed by atoms with Crippen molar-refractivity contribution >= 4 is 17.7 Å². The Bertz CT molecular complexity index is 393. The van der Waals surface area contributed by atoms with Crippen LogP contribution in [0.2, 0.25) is 0 Å². The van der Waals surface area contributed by atoms with Crippen LogP contribution in [0, 0.1) is 0 Å². The van der Waals surface area contributed by atoms with Gasteiger partial charge in [0.15, 0.2) is 4.99 Å². The van der Waals surface area contributed by atoms with Gasteiger partial charge in [-0.1, -0.05) is 26.7 Å². The second-order valence-electron chi connectivity index (χ2n) is 4.47. The first-order valence-corrected chi connectivity index (χ1v) is 9.81. The van der Waals surface area contributed by atoms with Gasteiger partial charge in [0.2, 0.25) is 0 Å². The van der Waals surface area contributed by atoms with E-state index in [9.17, 15) is 13.0 Å². The maximum atomic E-state index is 12.7. The average Bonchev–Trinajstić information content (AvgIpc) is 2.70. The van der Waals surface area contributed by atoms with E-state index < -0.39 is 22.7 Å². The van der Waals surface area contributed by atoms with Crippen LogP contribution < -0.4 is 0 Å². The fourth-order valence-electron chi connectivity index (χ4n) is 1.68. The smallest absolute Gasteiger partial charge is 0.308 e. The number of unbranched alkanes of at least 4 members (excludes halogenated alkanes) is 2. The summed E-state index contributed by atoms with van der Waals surface area (Å²) in [6.45, 7) is 4.48. The van der Waals surface area contributed by atoms with Crippen molar-refractivity contribution in [3.8, 4) is 0 Å². The third-order valence-electron chi connectivity index (χ3n) is 2.84. The Morgan fingerprint density at radius 2 is 1.68 bits per heavy atom. The van der Waals surface area contributed by atoms with E-state index in [4.69, 9.17) is 9.05 Å². The third kappa shape index (κ3) is 4.83. The quantitative estimate of drug-likeness (QED) is 0.370. The topological polar surface area (TPSA) is 78.9 Å². The zero-order valence-corrected chi connectivity index (χ0v) is 13.3. The molecule has 1 rings (SSSR count). The maximum absolute atomic E-state index is 12.7. The average molecular weight is 314 g/mol. The summed E-state index contributed by atoms with van der Waals surface area (Å²) in [6.07, 6.45) is 3.35. The van der Waals surface area contributed by atoms with E-state index in [-0.39, 0.29) is 26.2 Å². The van der Waals surface area contributed by atoms with Crippen LogP contribution in [-0.4, -0.2) is 33.2 Å². The zero-order chi connectivity index (χ0) is 14.4. The molecule has 0 bridgehead atoms. The Morgan fingerprint density at radius 1 is 1.16 bits per heavy atom. The second-order valence-corrected chi connectivity index (χ2v) is 8.83. The van der Waals surface area contributed by atoms with Gasteiger partial charge in [0.05, 0.1) is 19.8 Å². The van der Waals surface area contributed by atoms with Crippen molar-refractivity contribution in [1.82, 2.24) is 0 Å². The summed E-state index contributed by atoms with van der Waals surface area (Å²) in [5.74, 6) is 0. The van der Waals surface area contributed by atoms with E-state index in [2.05, 4.69) is 4.18 Å². The van der Waals surface area contributed by atoms with Crippen LogP contribution in [0.15, 0.2) is 0 Å². The standard InChI is InChI=1S/C11H23O6PS/c1-3-5-8-15-18(12,16-9-6-4-2)11-7-10-17-19(11,13)14/h11H,3-10H2,1-2H3. The lowest BCUT2D eigenvalue weighted by Crippen LogP contribution is -2.19. The van der Waals surface area contributed by atoms with Gasteiger partial charge in [0.25, 0.3) is 10.1 Å². The fourth-order valence-corrected chi connectivity index (χ4v) is 5.96. The Morgan fingerprint density at radius 3 is 2.05 bits per heavy atom. The van der Waals surface area contributed by atoms with Gasteiger partial charge in [-0.15, -0.1) is 0 Å². The van der Waals surface area contributed by atoms with Crippen molar-refractivity contribution < 1.29 is 26.2 Å². The molecule has 0 spiro atoms. The van der Waals surface area contributed by atoms with Crippen LogP contribution in [0.4, 0.5) is 0 Å². The van der Waals surface area contributed by atoms with E-state index >= 15 is 0 Å². The highest BCUT2D eigenvalue weighted by atomic mass is 32.2. The molecule has 1 atom stereocenters. The van der Waals surface area contributed by atoms with Crippen LogP contribution in [0.25, 0.3) is 0 Å². The van der Waals surface area contributed by atoms with Crippen LogP contribution in [-0.2, 0) is 27.9 Å². The SMILES string of the molecule is CCCCOP(=O)(OCCCC)C1CCOS1(=O)=O. The van der Waals surface area contributed by atoms with Crippen molar-refractivity contribution in [2.75, 3.05) is 19.8 Å². The summed E-state index contributed by atoms with van der Waals surface area (Å²) < 4.78 is 51.4. The summed E-state index contributed by atoms with van der Waals surface area (Å²) in [5, 5.41) is 0. The predicted octanol–water partition coefficient (Wildman–Crippen LogP) is 2.89. The Kier molecular flexibility index (Phi) is 6.97. The van der Waals surface area contributed by atoms with Crippen molar-refractivity contribution in [1.29, 1.82) is 0 Å². The van der Waals surface area contributed by atoms with Crippen molar-refractivity contribution in [2.45, 2.75) is 50.9 Å². The van der Waals surface area contributed by atoms with E-state index in [1.54, 1.807) is 0 Å². The van der Waals surface area contributed by atoms with Gasteiger partial charge in [0.1, 0.15) is 0 Å². The predicted molar refractivity (Wildman–Crippen MR) is 72.6 cm³/mol. The lowest BCUT2D eigenvalue weighted by atomic mass is 10.4. The summed E-state index contributed by atoms with van der Waals surface area (Å²) in [5.41, 5.74) is 0. The van der Waals surface area contributed by atoms with Crippen molar-refractivity contribution in [3.63, 3.8) is 0 Å². The lowest BCUT2D eigenvalue weighted by molar-refractivity contribution is 0.197. The number of hydrogen-bond donors (Lipinski definition) is 0. The van der Waals surface area contributed by atoms with Gasteiger partial charge in [-0.05, 0) is 12.8 Å². The highest BCUT2D eigenvalue weighted by molar-refractivity contribution is 7.95. The molecule has 0 N–H and O–H groups in total. The number of hydrogen-bond acceptors (Lipinski definition) is 6. The Labute approximate surface area is 115 Å². The highest BCUT2D eigenvalue weighted by Gasteiger charge is 2.49. The maximum Gasteiger partial charge on any atom is 0.351 e. The molecule has 1 fully saturated rings. The van der Waals surface area contributed by atoms with Gasteiger partial charge < -0.3 is 9.05 Å². The first-order valence-electron chi connectivity index (χ1n) is 6.73. The molecule has 19 heavy (non-hydrogen) atoms. The molecule has 6 nitrogen and oxygen atoms in total. The molecule has 1 saturated heterocycles. The summed E-state index contributed by atoms with van der Waals surface area (Å²) >= 11 is 0. The molecule has 1 aliphatic heterocycles. The molecule has 8 heteroatoms. The van der Waals surface area contributed by atoms with Crippen LogP contribution >= 0.6 is 7.60 Å². The molecular formula is C11H23O6PS. The van der Waals surface area contributed by atoms with Gasteiger partial charge in [-0.3, -0.25) is 8.75 Å². The van der Waals surface area contributed by atoms with Gasteiger partial charge >= 0.3 is 7.60 Å². The molecule has 0 saturated carbocycles. The summed E-state index contributed by atoms with van der Waals surface area (Å²) in [4.78, 5) is -1.17. The molecule has 0 aliphatic carbocycles. The van der Waals surface area contributed by atoms with Crippen LogP contribution in [0.3, 0.4) is 0 Å². The third-order valence-corrected chi connectivity index (χ3v) is 7.83. The summed E-state index contributed by atoms with van der Waals surface area (Å²) in [6, 6.07) is 0. The van der Waals surface area contributed by atoms with Crippen molar-refractivity contribution in [2.24, 2.45) is 0 Å². The van der Waals surface area contributed by atoms with Gasteiger partial charge in [-0.2, -0.15) is 8.42 Å². The normalized spacial score (nSPS) is 22.7. The fraction of sp³-hybridized carbons (Fsp3) is 1.00. The molecule has 1 aliphatic rings. The monoisotopic (exact) mass is 314 g/mol. The first kappa shape index (κ1) is 17.1. The minimum atomic E-state index is -3.83. The zero-order valence-electron chi connectivity index (χ0n) is 11.5. The van der Waals surface area contributed by atoms with Crippen molar-refractivity contribution in [3.05, 3.63) is 0 Å². The molecule has 0 aromatic heterocycles. The molecule has 0 radical (unpaired) electrons. The van der Waals surface area contributed by atoms with E-state index in [0.717, 1.165) is 25.7 Å².